The number of hydrogen-bond acceptors (Lipinski definition) is 4. The molecule has 30 heavy (non-hydrogen) atoms. The molecule has 1 saturated carbocycles. The summed E-state index contributed by atoms with van der Waals surface area (Å²) in [6.07, 6.45) is 9.17. The molecular formula is C25H38N2O3. The minimum atomic E-state index is -0.388. The van der Waals surface area contributed by atoms with Crippen LogP contribution in [0.15, 0.2) is 24.3 Å². The van der Waals surface area contributed by atoms with E-state index in [9.17, 15) is 4.79 Å². The van der Waals surface area contributed by atoms with Crippen molar-refractivity contribution in [2.75, 3.05) is 20.2 Å². The molecule has 2 N–H and O–H groups in total. The number of benzene rings is 1. The fourth-order valence-electron chi connectivity index (χ4n) is 6.60. The Morgan fingerprint density at radius 2 is 1.97 bits per heavy atom. The SMILES string of the molecule is CCN(CC1CCCC(C)C1(OC)c1cccc(C(N)=O)c1)C1CC2CCC(C1)O2. The second-order valence-corrected chi connectivity index (χ2v) is 9.64. The summed E-state index contributed by atoms with van der Waals surface area (Å²) >= 11 is 0. The van der Waals surface area contributed by atoms with Crippen LogP contribution in [0, 0.1) is 11.8 Å². The predicted molar refractivity (Wildman–Crippen MR) is 118 cm³/mol. The molecule has 3 fully saturated rings. The molecule has 5 nitrogen and oxygen atoms in total. The van der Waals surface area contributed by atoms with Gasteiger partial charge in [0, 0.05) is 31.2 Å². The third kappa shape index (κ3) is 3.92. The quantitative estimate of drug-likeness (QED) is 0.730. The number of hydrogen-bond donors (Lipinski definition) is 1. The van der Waals surface area contributed by atoms with Gasteiger partial charge in [0.25, 0.3) is 0 Å². The van der Waals surface area contributed by atoms with Crippen molar-refractivity contribution in [3.63, 3.8) is 0 Å². The first-order chi connectivity index (χ1) is 14.5. The van der Waals surface area contributed by atoms with Crippen molar-refractivity contribution < 1.29 is 14.3 Å². The Bertz CT molecular complexity index is 742. The fraction of sp³-hybridized carbons (Fsp3) is 0.720. The number of carbonyl (C=O) groups is 1. The molecule has 166 valence electrons. The molecule has 2 saturated heterocycles. The molecule has 0 spiro atoms. The molecule has 0 aromatic heterocycles. The van der Waals surface area contributed by atoms with Gasteiger partial charge in [0.1, 0.15) is 0 Å². The van der Waals surface area contributed by atoms with Gasteiger partial charge >= 0.3 is 0 Å². The van der Waals surface area contributed by atoms with E-state index < -0.39 is 0 Å². The Morgan fingerprint density at radius 1 is 1.23 bits per heavy atom. The van der Waals surface area contributed by atoms with Crippen LogP contribution < -0.4 is 5.73 Å². The van der Waals surface area contributed by atoms with Gasteiger partial charge in [-0.1, -0.05) is 32.4 Å². The maximum Gasteiger partial charge on any atom is 0.248 e. The third-order valence-electron chi connectivity index (χ3n) is 8.11. The van der Waals surface area contributed by atoms with Crippen molar-refractivity contribution in [2.24, 2.45) is 17.6 Å². The maximum atomic E-state index is 11.9. The van der Waals surface area contributed by atoms with Crippen LogP contribution in [-0.2, 0) is 15.1 Å². The number of ether oxygens (including phenoxy) is 2. The summed E-state index contributed by atoms with van der Waals surface area (Å²) in [6, 6.07) is 8.43. The molecule has 5 atom stereocenters. The van der Waals surface area contributed by atoms with E-state index in [4.69, 9.17) is 15.2 Å². The van der Waals surface area contributed by atoms with Crippen LogP contribution in [0.25, 0.3) is 0 Å². The highest BCUT2D eigenvalue weighted by Gasteiger charge is 2.49. The molecule has 2 aliphatic heterocycles. The van der Waals surface area contributed by atoms with Crippen LogP contribution in [0.1, 0.15) is 74.7 Å². The van der Waals surface area contributed by atoms with Gasteiger partial charge in [0.15, 0.2) is 0 Å². The number of fused-ring (bicyclic) bond motifs is 2. The molecule has 5 heteroatoms. The average Bonchev–Trinajstić information content (AvgIpc) is 3.10. The lowest BCUT2D eigenvalue weighted by atomic mass is 9.65. The first-order valence-electron chi connectivity index (χ1n) is 11.8. The number of amides is 1. The normalized spacial score (nSPS) is 36.2. The first kappa shape index (κ1) is 21.8. The van der Waals surface area contributed by atoms with Gasteiger partial charge in [0.05, 0.1) is 17.8 Å². The largest absolute Gasteiger partial charge is 0.375 e. The fourth-order valence-corrected chi connectivity index (χ4v) is 6.60. The molecule has 2 bridgehead atoms. The zero-order valence-electron chi connectivity index (χ0n) is 18.8. The van der Waals surface area contributed by atoms with E-state index >= 15 is 0 Å². The zero-order chi connectivity index (χ0) is 21.3. The second kappa shape index (κ2) is 8.97. The van der Waals surface area contributed by atoms with Gasteiger partial charge < -0.3 is 20.1 Å². The van der Waals surface area contributed by atoms with Gasteiger partial charge in [-0.05, 0) is 68.7 Å². The summed E-state index contributed by atoms with van der Waals surface area (Å²) in [5, 5.41) is 0. The molecular weight excluding hydrogens is 376 g/mol. The topological polar surface area (TPSA) is 64.8 Å². The highest BCUT2D eigenvalue weighted by atomic mass is 16.5. The molecule has 0 radical (unpaired) electrons. The smallest absolute Gasteiger partial charge is 0.248 e. The van der Waals surface area contributed by atoms with Crippen molar-refractivity contribution >= 4 is 5.91 Å². The Labute approximate surface area is 181 Å². The highest BCUT2D eigenvalue weighted by molar-refractivity contribution is 5.92. The van der Waals surface area contributed by atoms with E-state index in [-0.39, 0.29) is 11.5 Å². The second-order valence-electron chi connectivity index (χ2n) is 9.64. The molecule has 5 unspecified atom stereocenters. The number of primary amides is 1. The van der Waals surface area contributed by atoms with Crippen molar-refractivity contribution in [1.29, 1.82) is 0 Å². The van der Waals surface area contributed by atoms with Crippen molar-refractivity contribution in [3.05, 3.63) is 35.4 Å². The number of methoxy groups -OCH3 is 1. The van der Waals surface area contributed by atoms with Crippen molar-refractivity contribution in [1.82, 2.24) is 4.90 Å². The van der Waals surface area contributed by atoms with E-state index in [1.165, 1.54) is 19.3 Å². The summed E-state index contributed by atoms with van der Waals surface area (Å²) in [6.45, 7) is 6.67. The van der Waals surface area contributed by atoms with Crippen LogP contribution in [-0.4, -0.2) is 49.3 Å². The van der Waals surface area contributed by atoms with Gasteiger partial charge in [-0.3, -0.25) is 4.79 Å². The van der Waals surface area contributed by atoms with Gasteiger partial charge in [-0.15, -0.1) is 0 Å². The van der Waals surface area contributed by atoms with Crippen LogP contribution in [0.3, 0.4) is 0 Å². The Hall–Kier alpha value is -1.43. The van der Waals surface area contributed by atoms with E-state index in [0.717, 1.165) is 44.3 Å². The number of carbonyl (C=O) groups excluding carboxylic acids is 1. The summed E-state index contributed by atoms with van der Waals surface area (Å²) in [5.74, 6) is 0.389. The Morgan fingerprint density at radius 3 is 2.60 bits per heavy atom. The van der Waals surface area contributed by atoms with Crippen LogP contribution in [0.5, 0.6) is 0 Å². The summed E-state index contributed by atoms with van der Waals surface area (Å²) < 4.78 is 12.5. The molecule has 3 aliphatic rings. The highest BCUT2D eigenvalue weighted by Crippen LogP contribution is 2.49. The minimum Gasteiger partial charge on any atom is -0.375 e. The van der Waals surface area contributed by atoms with E-state index in [2.05, 4.69) is 24.8 Å². The zero-order valence-corrected chi connectivity index (χ0v) is 18.8. The number of nitrogens with zero attached hydrogens (tertiary/aromatic N) is 1. The van der Waals surface area contributed by atoms with E-state index in [0.29, 0.717) is 35.6 Å². The average molecular weight is 415 g/mol. The molecule has 2 heterocycles. The molecule has 1 amide bonds. The van der Waals surface area contributed by atoms with Crippen molar-refractivity contribution in [3.8, 4) is 0 Å². The number of nitrogens with two attached hydrogens (primary N) is 1. The molecule has 1 aliphatic carbocycles. The molecule has 1 aromatic rings. The lowest BCUT2D eigenvalue weighted by molar-refractivity contribution is -0.137. The molecule has 1 aromatic carbocycles. The lowest BCUT2D eigenvalue weighted by Crippen LogP contribution is -2.53. The Balaban J connectivity index is 1.62. The number of rotatable bonds is 7. The summed E-state index contributed by atoms with van der Waals surface area (Å²) in [5.41, 5.74) is 6.87. The minimum absolute atomic E-state index is 0.379. The predicted octanol–water partition coefficient (Wildman–Crippen LogP) is 4.10. The maximum absolute atomic E-state index is 11.9. The Kier molecular flexibility index (Phi) is 6.52. The standard InChI is InChI=1S/C25H38N2O3/c1-4-27(21-14-22-11-12-23(15-21)30-22)16-20-10-5-7-17(2)25(20,29-3)19-9-6-8-18(13-19)24(26)28/h6,8-9,13,17,20-23H,4-5,7,10-12,14-16H2,1-3H3,(H2,26,28). The van der Waals surface area contributed by atoms with Gasteiger partial charge in [-0.2, -0.15) is 0 Å². The first-order valence-corrected chi connectivity index (χ1v) is 11.8. The van der Waals surface area contributed by atoms with Gasteiger partial charge in [-0.25, -0.2) is 0 Å². The van der Waals surface area contributed by atoms with Gasteiger partial charge in [0.2, 0.25) is 5.91 Å². The van der Waals surface area contributed by atoms with Crippen LogP contribution >= 0.6 is 0 Å². The summed E-state index contributed by atoms with van der Waals surface area (Å²) in [7, 11) is 1.84. The lowest BCUT2D eigenvalue weighted by Gasteiger charge is -2.50. The molecule has 4 rings (SSSR count). The van der Waals surface area contributed by atoms with Crippen LogP contribution in [0.2, 0.25) is 0 Å². The van der Waals surface area contributed by atoms with Crippen molar-refractivity contribution in [2.45, 2.75) is 82.6 Å². The van der Waals surface area contributed by atoms with E-state index in [1.807, 2.05) is 19.2 Å². The van der Waals surface area contributed by atoms with E-state index in [1.54, 1.807) is 6.07 Å². The van der Waals surface area contributed by atoms with Crippen LogP contribution in [0.4, 0.5) is 0 Å². The summed E-state index contributed by atoms with van der Waals surface area (Å²) in [4.78, 5) is 14.5. The monoisotopic (exact) mass is 414 g/mol. The third-order valence-corrected chi connectivity index (χ3v) is 8.11.